The lowest BCUT2D eigenvalue weighted by Gasteiger charge is -2.09. The van der Waals surface area contributed by atoms with Crippen molar-refractivity contribution < 1.29 is 0 Å². The van der Waals surface area contributed by atoms with Gasteiger partial charge in [-0.2, -0.15) is 0 Å². The van der Waals surface area contributed by atoms with E-state index >= 15 is 0 Å². The molecule has 0 saturated heterocycles. The number of hydrogen-bond acceptors (Lipinski definition) is 5. The summed E-state index contributed by atoms with van der Waals surface area (Å²) in [7, 11) is 0. The first-order valence-electron chi connectivity index (χ1n) is 6.81. The van der Waals surface area contributed by atoms with Crippen LogP contribution in [-0.4, -0.2) is 24.9 Å². The van der Waals surface area contributed by atoms with E-state index in [4.69, 9.17) is 0 Å². The van der Waals surface area contributed by atoms with E-state index in [0.717, 1.165) is 17.0 Å². The van der Waals surface area contributed by atoms with Gasteiger partial charge in [-0.05, 0) is 24.3 Å². The Bertz CT molecular complexity index is 668. The fraction of sp³-hybridized carbons (Fsp3) is 0.188. The molecule has 3 aromatic rings. The minimum absolute atomic E-state index is 0.231. The van der Waals surface area contributed by atoms with Gasteiger partial charge in [-0.15, -0.1) is 0 Å². The number of aromatic nitrogens is 5. The Balaban J connectivity index is 2.16. The standard InChI is InChI=1S/C16H15N5/c1-11(2)14-19-15(12-3-7-17-8-4-12)21-16(20-14)13-5-9-18-10-6-13/h3-11H,1-2H3. The van der Waals surface area contributed by atoms with Crippen molar-refractivity contribution in [3.05, 3.63) is 54.9 Å². The van der Waals surface area contributed by atoms with Gasteiger partial charge in [0.2, 0.25) is 0 Å². The molecule has 0 aliphatic heterocycles. The number of nitrogens with zero attached hydrogens (tertiary/aromatic N) is 5. The highest BCUT2D eigenvalue weighted by atomic mass is 15.0. The number of rotatable bonds is 3. The van der Waals surface area contributed by atoms with Crippen molar-refractivity contribution in [1.82, 2.24) is 24.9 Å². The van der Waals surface area contributed by atoms with Gasteiger partial charge in [-0.25, -0.2) is 15.0 Å². The fourth-order valence-electron chi connectivity index (χ4n) is 1.91. The summed E-state index contributed by atoms with van der Waals surface area (Å²) in [6.07, 6.45) is 6.95. The molecule has 0 bridgehead atoms. The lowest BCUT2D eigenvalue weighted by Crippen LogP contribution is -2.04. The molecule has 0 saturated carbocycles. The molecule has 0 amide bonds. The largest absolute Gasteiger partial charge is 0.265 e. The molecule has 0 aliphatic rings. The fourth-order valence-corrected chi connectivity index (χ4v) is 1.91. The van der Waals surface area contributed by atoms with E-state index in [1.807, 2.05) is 24.3 Å². The average molecular weight is 277 g/mol. The molecule has 0 aliphatic carbocycles. The summed E-state index contributed by atoms with van der Waals surface area (Å²) in [5.74, 6) is 2.35. The van der Waals surface area contributed by atoms with Crippen molar-refractivity contribution >= 4 is 0 Å². The minimum Gasteiger partial charge on any atom is -0.265 e. The molecule has 3 rings (SSSR count). The molecule has 5 heteroatoms. The lowest BCUT2D eigenvalue weighted by molar-refractivity contribution is 0.766. The van der Waals surface area contributed by atoms with Crippen LogP contribution in [-0.2, 0) is 0 Å². The first-order valence-corrected chi connectivity index (χ1v) is 6.81. The van der Waals surface area contributed by atoms with Gasteiger partial charge in [-0.3, -0.25) is 9.97 Å². The summed E-state index contributed by atoms with van der Waals surface area (Å²) < 4.78 is 0. The predicted octanol–water partition coefficient (Wildman–Crippen LogP) is 3.12. The number of pyridine rings is 2. The maximum atomic E-state index is 4.58. The quantitative estimate of drug-likeness (QED) is 0.736. The maximum absolute atomic E-state index is 4.58. The van der Waals surface area contributed by atoms with Gasteiger partial charge in [0.15, 0.2) is 11.6 Å². The molecule has 21 heavy (non-hydrogen) atoms. The highest BCUT2D eigenvalue weighted by Gasteiger charge is 2.12. The van der Waals surface area contributed by atoms with Crippen molar-refractivity contribution in [2.45, 2.75) is 19.8 Å². The van der Waals surface area contributed by atoms with Gasteiger partial charge < -0.3 is 0 Å². The Morgan fingerprint density at radius 3 is 1.48 bits per heavy atom. The predicted molar refractivity (Wildman–Crippen MR) is 80.4 cm³/mol. The Hall–Kier alpha value is -2.69. The summed E-state index contributed by atoms with van der Waals surface area (Å²) in [6, 6.07) is 7.59. The Kier molecular flexibility index (Phi) is 3.64. The molecule has 0 spiro atoms. The second-order valence-corrected chi connectivity index (χ2v) is 4.97. The highest BCUT2D eigenvalue weighted by molar-refractivity contribution is 5.60. The van der Waals surface area contributed by atoms with Crippen LogP contribution in [0, 0.1) is 0 Å². The monoisotopic (exact) mass is 277 g/mol. The molecule has 3 heterocycles. The Morgan fingerprint density at radius 2 is 1.10 bits per heavy atom. The van der Waals surface area contributed by atoms with Crippen LogP contribution in [0.5, 0.6) is 0 Å². The summed E-state index contributed by atoms with van der Waals surface area (Å²) in [4.78, 5) is 21.8. The zero-order chi connectivity index (χ0) is 14.7. The molecular weight excluding hydrogens is 262 g/mol. The molecular formula is C16H15N5. The minimum atomic E-state index is 0.231. The zero-order valence-corrected chi connectivity index (χ0v) is 11.9. The zero-order valence-electron chi connectivity index (χ0n) is 11.9. The van der Waals surface area contributed by atoms with Crippen molar-refractivity contribution in [3.8, 4) is 22.8 Å². The maximum Gasteiger partial charge on any atom is 0.163 e. The van der Waals surface area contributed by atoms with Crippen molar-refractivity contribution in [1.29, 1.82) is 0 Å². The highest BCUT2D eigenvalue weighted by Crippen LogP contribution is 2.21. The normalized spacial score (nSPS) is 10.8. The summed E-state index contributed by atoms with van der Waals surface area (Å²) >= 11 is 0. The van der Waals surface area contributed by atoms with Crippen LogP contribution in [0.1, 0.15) is 25.6 Å². The van der Waals surface area contributed by atoms with Crippen molar-refractivity contribution in [3.63, 3.8) is 0 Å². The van der Waals surface area contributed by atoms with Gasteiger partial charge in [-0.1, -0.05) is 13.8 Å². The van der Waals surface area contributed by atoms with Crippen LogP contribution in [0.25, 0.3) is 22.8 Å². The van der Waals surface area contributed by atoms with E-state index in [1.54, 1.807) is 24.8 Å². The molecule has 0 N–H and O–H groups in total. The summed E-state index contributed by atoms with van der Waals surface area (Å²) in [5.41, 5.74) is 1.87. The molecule has 0 aromatic carbocycles. The third-order valence-corrected chi connectivity index (χ3v) is 3.05. The van der Waals surface area contributed by atoms with E-state index in [1.165, 1.54) is 0 Å². The van der Waals surface area contributed by atoms with Crippen LogP contribution in [0.2, 0.25) is 0 Å². The average Bonchev–Trinajstić information content (AvgIpc) is 2.56. The first-order chi connectivity index (χ1) is 10.2. The van der Waals surface area contributed by atoms with Crippen LogP contribution < -0.4 is 0 Å². The van der Waals surface area contributed by atoms with E-state index in [0.29, 0.717) is 11.6 Å². The molecule has 5 nitrogen and oxygen atoms in total. The van der Waals surface area contributed by atoms with Crippen LogP contribution in [0.15, 0.2) is 49.1 Å². The van der Waals surface area contributed by atoms with Gasteiger partial charge in [0.05, 0.1) is 0 Å². The SMILES string of the molecule is CC(C)c1nc(-c2ccncc2)nc(-c2ccncc2)n1. The van der Waals surface area contributed by atoms with E-state index in [9.17, 15) is 0 Å². The Morgan fingerprint density at radius 1 is 0.667 bits per heavy atom. The van der Waals surface area contributed by atoms with Crippen LogP contribution in [0.3, 0.4) is 0 Å². The third kappa shape index (κ3) is 2.91. The van der Waals surface area contributed by atoms with Gasteiger partial charge in [0.1, 0.15) is 5.82 Å². The Labute approximate surface area is 123 Å². The van der Waals surface area contributed by atoms with Crippen LogP contribution >= 0.6 is 0 Å². The van der Waals surface area contributed by atoms with Crippen molar-refractivity contribution in [2.24, 2.45) is 0 Å². The molecule has 104 valence electrons. The number of hydrogen-bond donors (Lipinski definition) is 0. The summed E-state index contributed by atoms with van der Waals surface area (Å²) in [6.45, 7) is 4.14. The third-order valence-electron chi connectivity index (χ3n) is 3.05. The van der Waals surface area contributed by atoms with Gasteiger partial charge in [0.25, 0.3) is 0 Å². The molecule has 0 fully saturated rings. The molecule has 0 unspecified atom stereocenters. The molecule has 0 radical (unpaired) electrons. The van der Waals surface area contributed by atoms with E-state index in [-0.39, 0.29) is 5.92 Å². The topological polar surface area (TPSA) is 64.5 Å². The van der Waals surface area contributed by atoms with Gasteiger partial charge in [0, 0.05) is 41.8 Å². The lowest BCUT2D eigenvalue weighted by atomic mass is 10.2. The first kappa shape index (κ1) is 13.3. The van der Waals surface area contributed by atoms with Gasteiger partial charge >= 0.3 is 0 Å². The molecule has 0 atom stereocenters. The van der Waals surface area contributed by atoms with E-state index < -0.39 is 0 Å². The second-order valence-electron chi connectivity index (χ2n) is 4.97. The summed E-state index contributed by atoms with van der Waals surface area (Å²) in [5, 5.41) is 0. The molecule has 3 aromatic heterocycles. The van der Waals surface area contributed by atoms with Crippen molar-refractivity contribution in [2.75, 3.05) is 0 Å². The van der Waals surface area contributed by atoms with Crippen LogP contribution in [0.4, 0.5) is 0 Å². The van der Waals surface area contributed by atoms with E-state index in [2.05, 4.69) is 38.8 Å². The second kappa shape index (κ2) is 5.75. The smallest absolute Gasteiger partial charge is 0.163 e.